The van der Waals surface area contributed by atoms with E-state index in [1.54, 1.807) is 20.8 Å². The Balaban J connectivity index is 2.18. The van der Waals surface area contributed by atoms with Crippen LogP contribution in [0.15, 0.2) is 12.1 Å². The predicted octanol–water partition coefficient (Wildman–Crippen LogP) is 4.01. The van der Waals surface area contributed by atoms with E-state index in [2.05, 4.69) is 5.32 Å². The van der Waals surface area contributed by atoms with Crippen LogP contribution in [0.5, 0.6) is 0 Å². The summed E-state index contributed by atoms with van der Waals surface area (Å²) in [5.41, 5.74) is 1.61. The van der Waals surface area contributed by atoms with Gasteiger partial charge in [0.2, 0.25) is 0 Å². The second kappa shape index (κ2) is 7.72. The predicted molar refractivity (Wildman–Crippen MR) is 97.0 cm³/mol. The number of anilines is 2. The third kappa shape index (κ3) is 5.17. The number of hydrogen-bond donors (Lipinski definition) is 2. The zero-order valence-corrected chi connectivity index (χ0v) is 15.8. The third-order valence-electron chi connectivity index (χ3n) is 4.19. The van der Waals surface area contributed by atoms with Crippen molar-refractivity contribution in [3.05, 3.63) is 27.8 Å². The number of nitro groups is 1. The first-order valence-corrected chi connectivity index (χ1v) is 8.68. The van der Waals surface area contributed by atoms with Gasteiger partial charge in [0.15, 0.2) is 0 Å². The Bertz CT molecular complexity index is 754. The van der Waals surface area contributed by atoms with Crippen LogP contribution in [0.25, 0.3) is 0 Å². The maximum absolute atomic E-state index is 13.4. The molecule has 0 aromatic heterocycles. The van der Waals surface area contributed by atoms with E-state index < -0.39 is 51.5 Å². The van der Waals surface area contributed by atoms with Gasteiger partial charge in [-0.15, -0.1) is 0 Å². The van der Waals surface area contributed by atoms with Gasteiger partial charge in [0.05, 0.1) is 4.92 Å². The number of nitrogens with one attached hydrogen (secondary N) is 1. The van der Waals surface area contributed by atoms with Gasteiger partial charge >= 0.3 is 12.3 Å². The van der Waals surface area contributed by atoms with Crippen molar-refractivity contribution in [1.82, 2.24) is 4.90 Å². The minimum atomic E-state index is -4.85. The van der Waals surface area contributed by atoms with Crippen LogP contribution in [0.4, 0.5) is 35.0 Å². The van der Waals surface area contributed by atoms with Crippen LogP contribution in [0.2, 0.25) is 0 Å². The van der Waals surface area contributed by atoms with Crippen LogP contribution in [0.1, 0.15) is 39.2 Å². The van der Waals surface area contributed by atoms with Crippen LogP contribution >= 0.6 is 0 Å². The van der Waals surface area contributed by atoms with Crippen molar-refractivity contribution in [2.75, 3.05) is 24.1 Å². The molecule has 1 aliphatic heterocycles. The van der Waals surface area contributed by atoms with E-state index in [1.807, 2.05) is 0 Å². The van der Waals surface area contributed by atoms with Crippen molar-refractivity contribution in [2.24, 2.45) is 0 Å². The molecule has 1 aliphatic rings. The summed E-state index contributed by atoms with van der Waals surface area (Å²) in [5.74, 6) is 0. The topological polar surface area (TPSA) is 111 Å². The largest absolute Gasteiger partial charge is 0.444 e. The lowest BCUT2D eigenvalue weighted by atomic mass is 10.0. The lowest BCUT2D eigenvalue weighted by Crippen LogP contribution is -2.44. The maximum atomic E-state index is 13.4. The first-order chi connectivity index (χ1) is 12.8. The quantitative estimate of drug-likeness (QED) is 0.447. The highest BCUT2D eigenvalue weighted by Gasteiger charge is 2.40. The number of piperidine rings is 1. The average molecular weight is 404 g/mol. The molecule has 11 heteroatoms. The Labute approximate surface area is 160 Å². The maximum Gasteiger partial charge on any atom is 0.420 e. The minimum Gasteiger partial charge on any atom is -0.444 e. The number of carbonyl (C=O) groups is 1. The number of ether oxygens (including phenoxy) is 1. The highest BCUT2D eigenvalue weighted by Crippen LogP contribution is 2.44. The molecule has 1 aromatic carbocycles. The van der Waals surface area contributed by atoms with Gasteiger partial charge in [0, 0.05) is 30.9 Å². The molecule has 0 atom stereocenters. The van der Waals surface area contributed by atoms with Gasteiger partial charge in [0.25, 0.3) is 5.69 Å². The Morgan fingerprint density at radius 1 is 1.29 bits per heavy atom. The third-order valence-corrected chi connectivity index (χ3v) is 4.19. The average Bonchev–Trinajstić information content (AvgIpc) is 2.52. The molecule has 0 bridgehead atoms. The van der Waals surface area contributed by atoms with Crippen LogP contribution in [0.3, 0.4) is 0 Å². The molecule has 0 spiro atoms. The molecule has 0 unspecified atom stereocenters. The molecular weight excluding hydrogens is 381 g/mol. The highest BCUT2D eigenvalue weighted by molar-refractivity contribution is 5.75. The summed E-state index contributed by atoms with van der Waals surface area (Å²) in [4.78, 5) is 23.9. The monoisotopic (exact) mass is 404 g/mol. The second-order valence-corrected chi connectivity index (χ2v) is 7.56. The summed E-state index contributed by atoms with van der Waals surface area (Å²) in [6.45, 7) is 5.71. The molecule has 28 heavy (non-hydrogen) atoms. The van der Waals surface area contributed by atoms with Gasteiger partial charge in [-0.25, -0.2) is 4.79 Å². The molecule has 156 valence electrons. The van der Waals surface area contributed by atoms with Gasteiger partial charge in [-0.2, -0.15) is 13.2 Å². The number of nitrogens with zero attached hydrogens (tertiary/aromatic N) is 2. The summed E-state index contributed by atoms with van der Waals surface area (Å²) in [6, 6.07) is 1.33. The van der Waals surface area contributed by atoms with E-state index in [9.17, 15) is 28.1 Å². The lowest BCUT2D eigenvalue weighted by molar-refractivity contribution is -0.384. The van der Waals surface area contributed by atoms with E-state index in [0.29, 0.717) is 12.8 Å². The number of likely N-dealkylation sites (tertiary alicyclic amines) is 1. The van der Waals surface area contributed by atoms with E-state index in [4.69, 9.17) is 10.5 Å². The van der Waals surface area contributed by atoms with Crippen molar-refractivity contribution in [1.29, 1.82) is 0 Å². The number of halogens is 3. The van der Waals surface area contributed by atoms with Crippen molar-refractivity contribution >= 4 is 23.2 Å². The summed E-state index contributed by atoms with van der Waals surface area (Å²) in [7, 11) is 0. The van der Waals surface area contributed by atoms with E-state index in [1.165, 1.54) is 4.90 Å². The first-order valence-electron chi connectivity index (χ1n) is 8.68. The van der Waals surface area contributed by atoms with E-state index in [0.717, 1.165) is 12.1 Å². The SMILES string of the molecule is CC(C)(C)OC(=O)N1CCC(Nc2c([N+](=O)[O-])ccc(N)c2C(F)(F)F)CC1. The first kappa shape index (κ1) is 21.6. The van der Waals surface area contributed by atoms with Crippen LogP contribution in [0, 0.1) is 10.1 Å². The molecule has 1 heterocycles. The Hall–Kier alpha value is -2.72. The fourth-order valence-corrected chi connectivity index (χ4v) is 2.95. The number of hydrogen-bond acceptors (Lipinski definition) is 6. The zero-order valence-electron chi connectivity index (χ0n) is 15.8. The standard InChI is InChI=1S/C17H23F3N4O4/c1-16(2,3)28-15(25)23-8-6-10(7-9-23)22-14-12(24(26)27)5-4-11(21)13(14)17(18,19)20/h4-5,10,22H,6-9,21H2,1-3H3. The fraction of sp³-hybridized carbons (Fsp3) is 0.588. The van der Waals surface area contributed by atoms with Crippen LogP contribution in [-0.4, -0.2) is 40.6 Å². The summed E-state index contributed by atoms with van der Waals surface area (Å²) >= 11 is 0. The molecule has 1 fully saturated rings. The number of amides is 1. The molecule has 0 radical (unpaired) electrons. The minimum absolute atomic E-state index is 0.254. The molecular formula is C17H23F3N4O4. The Morgan fingerprint density at radius 2 is 1.86 bits per heavy atom. The number of benzene rings is 1. The van der Waals surface area contributed by atoms with E-state index >= 15 is 0 Å². The van der Waals surface area contributed by atoms with Crippen molar-refractivity contribution in [3.8, 4) is 0 Å². The number of rotatable bonds is 3. The van der Waals surface area contributed by atoms with Crippen molar-refractivity contribution < 1.29 is 27.6 Å². The van der Waals surface area contributed by atoms with Crippen LogP contribution in [-0.2, 0) is 10.9 Å². The molecule has 1 saturated heterocycles. The van der Waals surface area contributed by atoms with Gasteiger partial charge in [0.1, 0.15) is 16.9 Å². The van der Waals surface area contributed by atoms with Crippen molar-refractivity contribution in [3.63, 3.8) is 0 Å². The molecule has 0 saturated carbocycles. The molecule has 0 aliphatic carbocycles. The number of nitrogen functional groups attached to an aromatic ring is 1. The van der Waals surface area contributed by atoms with Crippen LogP contribution < -0.4 is 11.1 Å². The highest BCUT2D eigenvalue weighted by atomic mass is 19.4. The van der Waals surface area contributed by atoms with Gasteiger partial charge in [-0.3, -0.25) is 10.1 Å². The molecule has 8 nitrogen and oxygen atoms in total. The normalized spacial score (nSPS) is 16.0. The smallest absolute Gasteiger partial charge is 0.420 e. The molecule has 2 rings (SSSR count). The lowest BCUT2D eigenvalue weighted by Gasteiger charge is -2.34. The van der Waals surface area contributed by atoms with E-state index in [-0.39, 0.29) is 13.1 Å². The van der Waals surface area contributed by atoms with Gasteiger partial charge in [-0.1, -0.05) is 0 Å². The summed E-state index contributed by atoms with van der Waals surface area (Å²) < 4.78 is 45.5. The number of nitro benzene ring substituents is 1. The molecule has 1 amide bonds. The number of alkyl halides is 3. The number of nitrogens with two attached hydrogens (primary N) is 1. The van der Waals surface area contributed by atoms with Crippen molar-refractivity contribution in [2.45, 2.75) is 51.4 Å². The van der Waals surface area contributed by atoms with Gasteiger partial charge < -0.3 is 20.7 Å². The molecule has 1 aromatic rings. The summed E-state index contributed by atoms with van der Waals surface area (Å²) in [6.07, 6.45) is -4.74. The zero-order chi connectivity index (χ0) is 21.3. The Kier molecular flexibility index (Phi) is 5.95. The summed E-state index contributed by atoms with van der Waals surface area (Å²) in [5, 5.41) is 13.9. The number of carbonyl (C=O) groups excluding carboxylic acids is 1. The van der Waals surface area contributed by atoms with Gasteiger partial charge in [-0.05, 0) is 39.7 Å². The second-order valence-electron chi connectivity index (χ2n) is 7.56. The molecule has 3 N–H and O–H groups in total. The fourth-order valence-electron chi connectivity index (χ4n) is 2.95. The Morgan fingerprint density at radius 3 is 2.32 bits per heavy atom.